The standard InChI is InChI=1S/C30H26N2O2/c1-5-22-31(23-6-2,27-16-11-9-12-17-27)33-29-20-15-21-30(26-29)34-32(24-7-3,25-8-4)28-18-13-10-14-19-28/h1-4,9-21,26H,22-25H2/q+2. The summed E-state index contributed by atoms with van der Waals surface area (Å²) in [6, 6.07) is 26.6. The zero-order valence-electron chi connectivity index (χ0n) is 18.9. The molecule has 4 heteroatoms. The largest absolute Gasteiger partial charge is 0.308 e. The molecule has 3 aromatic carbocycles. The van der Waals surface area contributed by atoms with E-state index in [2.05, 4.69) is 23.7 Å². The normalized spacial score (nSPS) is 10.7. The summed E-state index contributed by atoms with van der Waals surface area (Å²) in [5.41, 5.74) is 1.69. The molecule has 0 heterocycles. The van der Waals surface area contributed by atoms with Crippen LogP contribution in [-0.4, -0.2) is 26.2 Å². The molecule has 34 heavy (non-hydrogen) atoms. The maximum absolute atomic E-state index is 6.43. The van der Waals surface area contributed by atoms with Gasteiger partial charge in [-0.25, -0.2) is 0 Å². The van der Waals surface area contributed by atoms with Crippen molar-refractivity contribution < 1.29 is 9.68 Å². The molecule has 0 aliphatic rings. The van der Waals surface area contributed by atoms with E-state index in [1.165, 1.54) is 0 Å². The van der Waals surface area contributed by atoms with Crippen LogP contribution in [0.4, 0.5) is 11.4 Å². The van der Waals surface area contributed by atoms with Gasteiger partial charge in [0.25, 0.3) is 0 Å². The van der Waals surface area contributed by atoms with Crippen LogP contribution in [0.1, 0.15) is 0 Å². The van der Waals surface area contributed by atoms with Crippen LogP contribution in [0.25, 0.3) is 0 Å². The molecule has 166 valence electrons. The van der Waals surface area contributed by atoms with Gasteiger partial charge in [-0.15, -0.1) is 25.7 Å². The summed E-state index contributed by atoms with van der Waals surface area (Å²) in [6.07, 6.45) is 22.8. The second kappa shape index (κ2) is 11.3. The van der Waals surface area contributed by atoms with Gasteiger partial charge in [-0.3, -0.25) is 0 Å². The van der Waals surface area contributed by atoms with E-state index in [1.807, 2.05) is 78.9 Å². The molecule has 0 aromatic heterocycles. The summed E-state index contributed by atoms with van der Waals surface area (Å²) in [5.74, 6) is 11.9. The summed E-state index contributed by atoms with van der Waals surface area (Å²) in [7, 11) is 0. The number of rotatable bonds is 10. The fraction of sp³-hybridized carbons (Fsp3) is 0.133. The molecular formula is C30H26N2O2+2. The molecule has 0 aliphatic carbocycles. The number of nitrogens with zero attached hydrogens (tertiary/aromatic N) is 2. The first-order valence-corrected chi connectivity index (χ1v) is 10.7. The molecule has 3 aromatic rings. The third-order valence-electron chi connectivity index (χ3n) is 5.21. The van der Waals surface area contributed by atoms with Gasteiger partial charge in [0.2, 0.25) is 0 Å². The zero-order valence-corrected chi connectivity index (χ0v) is 18.9. The van der Waals surface area contributed by atoms with Crippen molar-refractivity contribution in [3.8, 4) is 60.9 Å². The summed E-state index contributed by atoms with van der Waals surface area (Å²) in [5, 5.41) is 0. The van der Waals surface area contributed by atoms with E-state index < -0.39 is 0 Å². The predicted octanol–water partition coefficient (Wildman–Crippen LogP) is 4.82. The number of terminal acetylenes is 4. The highest BCUT2D eigenvalue weighted by Gasteiger charge is 2.35. The van der Waals surface area contributed by atoms with E-state index in [9.17, 15) is 0 Å². The van der Waals surface area contributed by atoms with Crippen molar-refractivity contribution in [1.29, 1.82) is 0 Å². The molecule has 0 unspecified atom stereocenters. The quantitative estimate of drug-likeness (QED) is 0.253. The van der Waals surface area contributed by atoms with Crippen molar-refractivity contribution in [2.24, 2.45) is 0 Å². The molecule has 0 amide bonds. The molecule has 0 fully saturated rings. The molecular weight excluding hydrogens is 420 g/mol. The van der Waals surface area contributed by atoms with Gasteiger partial charge in [-0.1, -0.05) is 51.8 Å². The Kier molecular flexibility index (Phi) is 8.02. The minimum absolute atomic E-state index is 0.0509. The fourth-order valence-corrected chi connectivity index (χ4v) is 3.69. The highest BCUT2D eigenvalue weighted by atomic mass is 16.7. The number of para-hydroxylation sites is 2. The Morgan fingerprint density at radius 3 is 1.18 bits per heavy atom. The topological polar surface area (TPSA) is 18.5 Å². The van der Waals surface area contributed by atoms with Crippen LogP contribution >= 0.6 is 0 Å². The Balaban J connectivity index is 2.00. The lowest BCUT2D eigenvalue weighted by Gasteiger charge is -2.33. The van der Waals surface area contributed by atoms with E-state index in [-0.39, 0.29) is 35.5 Å². The van der Waals surface area contributed by atoms with Crippen molar-refractivity contribution in [2.75, 3.05) is 26.2 Å². The number of hydrogen-bond acceptors (Lipinski definition) is 2. The lowest BCUT2D eigenvalue weighted by atomic mass is 10.2. The molecule has 4 nitrogen and oxygen atoms in total. The third-order valence-corrected chi connectivity index (χ3v) is 5.21. The Morgan fingerprint density at radius 2 is 0.853 bits per heavy atom. The highest BCUT2D eigenvalue weighted by molar-refractivity contribution is 5.46. The lowest BCUT2D eigenvalue weighted by molar-refractivity contribution is -0.0305. The molecule has 0 saturated heterocycles. The zero-order chi connectivity index (χ0) is 24.3. The number of hydrogen-bond donors (Lipinski definition) is 0. The van der Waals surface area contributed by atoms with Gasteiger partial charge in [0.1, 0.15) is 0 Å². The number of quaternary nitrogens is 2. The van der Waals surface area contributed by atoms with Crippen molar-refractivity contribution in [2.45, 2.75) is 0 Å². The van der Waals surface area contributed by atoms with Crippen LogP contribution in [0.5, 0.6) is 11.5 Å². The SMILES string of the molecule is C#CC[N+](CC#C)(Oc1cccc(O[N+](CC#C)(CC#C)c2ccccc2)c1)c1ccccc1. The van der Waals surface area contributed by atoms with Crippen molar-refractivity contribution >= 4 is 11.4 Å². The maximum atomic E-state index is 6.43. The van der Waals surface area contributed by atoms with Crippen LogP contribution < -0.4 is 19.0 Å². The van der Waals surface area contributed by atoms with Crippen LogP contribution in [-0.2, 0) is 0 Å². The second-order valence-corrected chi connectivity index (χ2v) is 7.56. The van der Waals surface area contributed by atoms with Gasteiger partial charge >= 0.3 is 0 Å². The summed E-state index contributed by atoms with van der Waals surface area (Å²) in [4.78, 5) is 12.9. The Hall–Kier alpha value is -4.58. The second-order valence-electron chi connectivity index (χ2n) is 7.56. The van der Waals surface area contributed by atoms with Gasteiger partial charge in [-0.05, 0) is 35.8 Å². The molecule has 0 atom stereocenters. The van der Waals surface area contributed by atoms with Crippen molar-refractivity contribution in [3.63, 3.8) is 0 Å². The van der Waals surface area contributed by atoms with Crippen molar-refractivity contribution in [1.82, 2.24) is 9.29 Å². The minimum Gasteiger partial charge on any atom is -0.308 e. The van der Waals surface area contributed by atoms with Crippen LogP contribution in [0.3, 0.4) is 0 Å². The van der Waals surface area contributed by atoms with Crippen molar-refractivity contribution in [3.05, 3.63) is 84.9 Å². The number of hydroxylamine groups is 4. The molecule has 0 radical (unpaired) electrons. The van der Waals surface area contributed by atoms with Gasteiger partial charge in [0.15, 0.2) is 49.1 Å². The Bertz CT molecular complexity index is 1130. The molecule has 0 N–H and O–H groups in total. The van der Waals surface area contributed by atoms with Gasteiger partial charge < -0.3 is 9.68 Å². The lowest BCUT2D eigenvalue weighted by Crippen LogP contribution is -2.53. The third kappa shape index (κ3) is 5.42. The van der Waals surface area contributed by atoms with Crippen LogP contribution in [0.2, 0.25) is 0 Å². The molecule has 0 bridgehead atoms. The molecule has 0 saturated carbocycles. The molecule has 0 aliphatic heterocycles. The van der Waals surface area contributed by atoms with Gasteiger partial charge in [-0.2, -0.15) is 0 Å². The van der Waals surface area contributed by atoms with Crippen LogP contribution in [0, 0.1) is 49.4 Å². The Labute approximate surface area is 202 Å². The van der Waals surface area contributed by atoms with Gasteiger partial charge in [0, 0.05) is 30.3 Å². The summed E-state index contributed by atoms with van der Waals surface area (Å²) in [6.45, 7) is 0.990. The average Bonchev–Trinajstić information content (AvgIpc) is 2.86. The summed E-state index contributed by atoms with van der Waals surface area (Å²) >= 11 is 0. The minimum atomic E-state index is -0.0509. The van der Waals surface area contributed by atoms with E-state index in [1.54, 1.807) is 6.07 Å². The summed E-state index contributed by atoms with van der Waals surface area (Å²) < 4.78 is -0.102. The van der Waals surface area contributed by atoms with E-state index >= 15 is 0 Å². The maximum Gasteiger partial charge on any atom is 0.194 e. The smallest absolute Gasteiger partial charge is 0.194 e. The van der Waals surface area contributed by atoms with E-state index in [4.69, 9.17) is 35.4 Å². The molecule has 0 spiro atoms. The van der Waals surface area contributed by atoms with E-state index in [0.717, 1.165) is 11.4 Å². The first-order chi connectivity index (χ1) is 16.6. The first kappa shape index (κ1) is 24.1. The monoisotopic (exact) mass is 446 g/mol. The van der Waals surface area contributed by atoms with Crippen LogP contribution in [0.15, 0.2) is 84.9 Å². The fourth-order valence-electron chi connectivity index (χ4n) is 3.69. The first-order valence-electron chi connectivity index (χ1n) is 10.7. The van der Waals surface area contributed by atoms with E-state index in [0.29, 0.717) is 11.5 Å². The molecule has 3 rings (SSSR count). The van der Waals surface area contributed by atoms with Gasteiger partial charge in [0.05, 0.1) is 0 Å². The highest BCUT2D eigenvalue weighted by Crippen LogP contribution is 2.31. The number of benzene rings is 3. The predicted molar refractivity (Wildman–Crippen MR) is 139 cm³/mol. The Morgan fingerprint density at radius 1 is 0.500 bits per heavy atom. The average molecular weight is 447 g/mol.